The molecule has 2 saturated heterocycles. The first-order valence-electron chi connectivity index (χ1n) is 11.3. The standard InChI is InChI=1S/C21H29F3N4O3/c22-21(23,24)17-2-6-28-19(29)10-18(25-11-16-15-9-14(15)12-31-16)26-20(28)27(17)5-1-13-3-7-30-8-4-13/h10,13-17,25H,1-9,11-12H2/t14-,15?,16+,17-/m0/s1. The van der Waals surface area contributed by atoms with Gasteiger partial charge in [0.2, 0.25) is 5.95 Å². The summed E-state index contributed by atoms with van der Waals surface area (Å²) in [4.78, 5) is 18.5. The van der Waals surface area contributed by atoms with Gasteiger partial charge in [-0.05, 0) is 49.9 Å². The highest BCUT2D eigenvalue weighted by Crippen LogP contribution is 2.48. The molecule has 0 amide bonds. The minimum Gasteiger partial charge on any atom is -0.381 e. The Balaban J connectivity index is 1.36. The van der Waals surface area contributed by atoms with E-state index in [4.69, 9.17) is 9.47 Å². The van der Waals surface area contributed by atoms with Crippen LogP contribution in [0.25, 0.3) is 0 Å². The van der Waals surface area contributed by atoms with Crippen LogP contribution in [0.4, 0.5) is 24.9 Å². The number of ether oxygens (including phenoxy) is 2. The van der Waals surface area contributed by atoms with Crippen LogP contribution in [0, 0.1) is 17.8 Å². The van der Waals surface area contributed by atoms with Crippen molar-refractivity contribution < 1.29 is 22.6 Å². The Morgan fingerprint density at radius 1 is 1.23 bits per heavy atom. The van der Waals surface area contributed by atoms with Crippen molar-refractivity contribution >= 4 is 11.8 Å². The lowest BCUT2D eigenvalue weighted by atomic mass is 9.96. The molecule has 31 heavy (non-hydrogen) atoms. The van der Waals surface area contributed by atoms with Crippen molar-refractivity contribution in [3.05, 3.63) is 16.4 Å². The number of aromatic nitrogens is 2. The SMILES string of the molecule is O=c1cc(NC[C@H]2OC[C@@H]3CC32)nc2n1CC[C@@H](C(F)(F)F)N2CCC1CCOCC1. The number of nitrogens with one attached hydrogen (secondary N) is 1. The summed E-state index contributed by atoms with van der Waals surface area (Å²) in [5.41, 5.74) is -0.319. The van der Waals surface area contributed by atoms with Crippen molar-refractivity contribution in [2.75, 3.05) is 43.1 Å². The molecular weight excluding hydrogens is 413 g/mol. The normalized spacial score (nSPS) is 30.7. The third-order valence-electron chi connectivity index (χ3n) is 7.21. The van der Waals surface area contributed by atoms with Gasteiger partial charge in [-0.3, -0.25) is 9.36 Å². The summed E-state index contributed by atoms with van der Waals surface area (Å²) in [5.74, 6) is 1.96. The largest absolute Gasteiger partial charge is 0.408 e. The molecule has 4 atom stereocenters. The van der Waals surface area contributed by atoms with Gasteiger partial charge in [0.15, 0.2) is 0 Å². The molecule has 4 heterocycles. The molecule has 0 radical (unpaired) electrons. The molecule has 3 fully saturated rings. The van der Waals surface area contributed by atoms with Gasteiger partial charge < -0.3 is 19.7 Å². The summed E-state index contributed by atoms with van der Waals surface area (Å²) in [6.45, 7) is 2.84. The van der Waals surface area contributed by atoms with Gasteiger partial charge in [0, 0.05) is 38.9 Å². The van der Waals surface area contributed by atoms with E-state index >= 15 is 0 Å². The average Bonchev–Trinajstić information content (AvgIpc) is 3.42. The van der Waals surface area contributed by atoms with Gasteiger partial charge in [0.05, 0.1) is 12.7 Å². The van der Waals surface area contributed by atoms with E-state index in [9.17, 15) is 18.0 Å². The van der Waals surface area contributed by atoms with E-state index in [1.54, 1.807) is 0 Å². The summed E-state index contributed by atoms with van der Waals surface area (Å²) in [6, 6.07) is -0.243. The monoisotopic (exact) mass is 442 g/mol. The highest BCUT2D eigenvalue weighted by Gasteiger charge is 2.49. The molecule has 0 bridgehead atoms. The van der Waals surface area contributed by atoms with Crippen LogP contribution < -0.4 is 15.8 Å². The van der Waals surface area contributed by atoms with Crippen molar-refractivity contribution in [2.24, 2.45) is 17.8 Å². The zero-order valence-electron chi connectivity index (χ0n) is 17.4. The number of hydrogen-bond donors (Lipinski definition) is 1. The third-order valence-corrected chi connectivity index (χ3v) is 7.21. The summed E-state index contributed by atoms with van der Waals surface area (Å²) in [7, 11) is 0. The molecule has 10 heteroatoms. The van der Waals surface area contributed by atoms with E-state index < -0.39 is 12.2 Å². The van der Waals surface area contributed by atoms with Crippen molar-refractivity contribution in [3.8, 4) is 0 Å². The van der Waals surface area contributed by atoms with Crippen LogP contribution in [0.1, 0.15) is 32.1 Å². The molecule has 0 spiro atoms. The van der Waals surface area contributed by atoms with Crippen LogP contribution in [-0.2, 0) is 16.0 Å². The Morgan fingerprint density at radius 2 is 2.03 bits per heavy atom. The smallest absolute Gasteiger partial charge is 0.381 e. The first kappa shape index (κ1) is 21.1. The van der Waals surface area contributed by atoms with E-state index in [2.05, 4.69) is 10.3 Å². The van der Waals surface area contributed by atoms with Crippen LogP contribution in [0.3, 0.4) is 0 Å². The Kier molecular flexibility index (Phi) is 5.62. The Labute approximate surface area is 178 Å². The molecule has 1 saturated carbocycles. The van der Waals surface area contributed by atoms with Gasteiger partial charge in [0.25, 0.3) is 5.56 Å². The van der Waals surface area contributed by atoms with Crippen molar-refractivity contribution in [1.29, 1.82) is 0 Å². The molecule has 1 aromatic heterocycles. The van der Waals surface area contributed by atoms with Crippen molar-refractivity contribution in [3.63, 3.8) is 0 Å². The fourth-order valence-electron chi connectivity index (χ4n) is 5.22. The topological polar surface area (TPSA) is 68.6 Å². The molecule has 4 aliphatic rings. The van der Waals surface area contributed by atoms with Crippen LogP contribution in [0.5, 0.6) is 0 Å². The first-order valence-corrected chi connectivity index (χ1v) is 11.3. The van der Waals surface area contributed by atoms with Gasteiger partial charge in [-0.2, -0.15) is 18.2 Å². The Hall–Kier alpha value is -1.81. The quantitative estimate of drug-likeness (QED) is 0.731. The van der Waals surface area contributed by atoms with E-state index in [0.717, 1.165) is 19.4 Å². The molecule has 1 unspecified atom stereocenters. The second-order valence-electron chi connectivity index (χ2n) is 9.23. The van der Waals surface area contributed by atoms with E-state index in [0.29, 0.717) is 49.8 Å². The van der Waals surface area contributed by atoms with Crippen LogP contribution in [0.2, 0.25) is 0 Å². The predicted molar refractivity (Wildman–Crippen MR) is 108 cm³/mol. The average molecular weight is 442 g/mol. The first-order chi connectivity index (χ1) is 14.9. The number of halogens is 3. The predicted octanol–water partition coefficient (Wildman–Crippen LogP) is 2.65. The lowest BCUT2D eigenvalue weighted by Gasteiger charge is -2.40. The molecule has 1 aliphatic carbocycles. The Bertz CT molecular complexity index is 855. The van der Waals surface area contributed by atoms with Crippen molar-refractivity contribution in [2.45, 2.75) is 57.0 Å². The number of anilines is 2. The lowest BCUT2D eigenvalue weighted by molar-refractivity contribution is -0.152. The fraction of sp³-hybridized carbons (Fsp3) is 0.810. The summed E-state index contributed by atoms with van der Waals surface area (Å²) >= 11 is 0. The molecule has 7 nitrogen and oxygen atoms in total. The van der Waals surface area contributed by atoms with E-state index in [1.165, 1.54) is 22.0 Å². The summed E-state index contributed by atoms with van der Waals surface area (Å²) in [5, 5.41) is 3.14. The van der Waals surface area contributed by atoms with Gasteiger partial charge in [0.1, 0.15) is 11.9 Å². The van der Waals surface area contributed by atoms with Gasteiger partial charge in [-0.25, -0.2) is 0 Å². The molecular formula is C21H29F3N4O3. The molecule has 3 aliphatic heterocycles. The van der Waals surface area contributed by atoms with Crippen LogP contribution in [0.15, 0.2) is 10.9 Å². The minimum atomic E-state index is -4.37. The van der Waals surface area contributed by atoms with Crippen LogP contribution in [-0.4, -0.2) is 60.8 Å². The number of rotatable bonds is 6. The maximum Gasteiger partial charge on any atom is 0.408 e. The van der Waals surface area contributed by atoms with Crippen molar-refractivity contribution in [1.82, 2.24) is 9.55 Å². The Morgan fingerprint density at radius 3 is 2.71 bits per heavy atom. The maximum absolute atomic E-state index is 13.8. The molecule has 5 rings (SSSR count). The summed E-state index contributed by atoms with van der Waals surface area (Å²) < 4.78 is 54.0. The number of hydrogen-bond acceptors (Lipinski definition) is 6. The maximum atomic E-state index is 13.8. The van der Waals surface area contributed by atoms with E-state index in [-0.39, 0.29) is 37.1 Å². The van der Waals surface area contributed by atoms with E-state index in [1.807, 2.05) is 0 Å². The number of nitrogens with zero attached hydrogens (tertiary/aromatic N) is 3. The van der Waals surface area contributed by atoms with Gasteiger partial charge >= 0.3 is 6.18 Å². The third kappa shape index (κ3) is 4.41. The molecule has 0 aromatic carbocycles. The molecule has 1 aromatic rings. The highest BCUT2D eigenvalue weighted by atomic mass is 19.4. The second-order valence-corrected chi connectivity index (χ2v) is 9.23. The number of fused-ring (bicyclic) bond motifs is 2. The minimum absolute atomic E-state index is 0.0227. The molecule has 172 valence electrons. The zero-order valence-corrected chi connectivity index (χ0v) is 17.4. The van der Waals surface area contributed by atoms with Crippen LogP contribution >= 0.6 is 0 Å². The lowest BCUT2D eigenvalue weighted by Crippen LogP contribution is -2.53. The highest BCUT2D eigenvalue weighted by molar-refractivity contribution is 5.45. The number of alkyl halides is 3. The second kappa shape index (κ2) is 8.27. The van der Waals surface area contributed by atoms with Gasteiger partial charge in [-0.15, -0.1) is 0 Å². The summed E-state index contributed by atoms with van der Waals surface area (Å²) in [6.07, 6.45) is -0.926. The fourth-order valence-corrected chi connectivity index (χ4v) is 5.22. The zero-order chi connectivity index (χ0) is 21.6. The van der Waals surface area contributed by atoms with Gasteiger partial charge in [-0.1, -0.05) is 0 Å². The molecule has 1 N–H and O–H groups in total.